The summed E-state index contributed by atoms with van der Waals surface area (Å²) in [5.41, 5.74) is 1.88. The van der Waals surface area contributed by atoms with Crippen LogP contribution in [0.25, 0.3) is 11.0 Å². The largest absolute Gasteiger partial charge is 0.391 e. The molecule has 2 aromatic rings. The number of benzene rings is 1. The van der Waals surface area contributed by atoms with Gasteiger partial charge in [0.15, 0.2) is 0 Å². The fraction of sp³-hybridized carbons (Fsp3) is 0.417. The Bertz CT molecular complexity index is 548. The number of rotatable bonds is 3. The van der Waals surface area contributed by atoms with Crippen LogP contribution in [0.15, 0.2) is 18.2 Å². The zero-order valence-electron chi connectivity index (χ0n) is 9.68. The number of H-pyrrole nitrogens is 1. The maximum Gasteiger partial charge on any atom is 0.391 e. The first-order valence-electron chi connectivity index (χ1n) is 5.51. The molecule has 2 rings (SSSR count). The number of fused-ring (bicyclic) bond motifs is 1. The molecular formula is C12H12ClF3N2. The lowest BCUT2D eigenvalue weighted by Crippen LogP contribution is -2.21. The van der Waals surface area contributed by atoms with Gasteiger partial charge in [0.25, 0.3) is 0 Å². The third kappa shape index (κ3) is 2.61. The Hall–Kier alpha value is -1.23. The normalized spacial score (nSPS) is 14.1. The predicted octanol–water partition coefficient (Wildman–Crippen LogP) is 4.04. The molecule has 0 bridgehead atoms. The molecule has 2 nitrogen and oxygen atoms in total. The number of halogens is 4. The number of nitrogens with one attached hydrogen (secondary N) is 1. The summed E-state index contributed by atoms with van der Waals surface area (Å²) >= 11 is 5.66. The summed E-state index contributed by atoms with van der Waals surface area (Å²) < 4.78 is 37.7. The topological polar surface area (TPSA) is 28.7 Å². The summed E-state index contributed by atoms with van der Waals surface area (Å²) in [5.74, 6) is -0.610. The number of imidazole rings is 1. The van der Waals surface area contributed by atoms with Crippen LogP contribution in [0.4, 0.5) is 13.2 Å². The molecule has 0 aliphatic rings. The van der Waals surface area contributed by atoms with E-state index < -0.39 is 12.1 Å². The van der Waals surface area contributed by atoms with E-state index in [1.165, 1.54) is 6.92 Å². The Morgan fingerprint density at radius 1 is 1.39 bits per heavy atom. The molecule has 1 unspecified atom stereocenters. The van der Waals surface area contributed by atoms with Gasteiger partial charge in [-0.1, -0.05) is 19.1 Å². The Morgan fingerprint density at radius 2 is 2.11 bits per heavy atom. The number of para-hydroxylation sites is 1. The standard InChI is InChI=1S/C12H12ClF3N2/c1-7(12(14,15)16)5-8-3-2-4-9-11(8)18-10(6-13)17-9/h2-4,7H,5-6H2,1H3,(H,17,18). The molecule has 0 saturated heterocycles. The Morgan fingerprint density at radius 3 is 2.72 bits per heavy atom. The fourth-order valence-corrected chi connectivity index (χ4v) is 1.94. The van der Waals surface area contributed by atoms with Crippen molar-refractivity contribution in [2.75, 3.05) is 0 Å². The summed E-state index contributed by atoms with van der Waals surface area (Å²) in [7, 11) is 0. The highest BCUT2D eigenvalue weighted by molar-refractivity contribution is 6.16. The molecular weight excluding hydrogens is 265 g/mol. The molecule has 0 aliphatic carbocycles. The lowest BCUT2D eigenvalue weighted by atomic mass is 10.00. The fourth-order valence-electron chi connectivity index (χ4n) is 1.82. The average molecular weight is 277 g/mol. The van der Waals surface area contributed by atoms with E-state index in [2.05, 4.69) is 9.97 Å². The highest BCUT2D eigenvalue weighted by Gasteiger charge is 2.36. The second-order valence-corrected chi connectivity index (χ2v) is 4.54. The number of hydrogen-bond acceptors (Lipinski definition) is 1. The number of alkyl halides is 4. The molecule has 0 amide bonds. The van der Waals surface area contributed by atoms with Gasteiger partial charge < -0.3 is 4.98 Å². The van der Waals surface area contributed by atoms with Crippen molar-refractivity contribution in [3.63, 3.8) is 0 Å². The van der Waals surface area contributed by atoms with Gasteiger partial charge in [-0.3, -0.25) is 0 Å². The third-order valence-electron chi connectivity index (χ3n) is 2.86. The zero-order valence-corrected chi connectivity index (χ0v) is 10.4. The molecule has 1 N–H and O–H groups in total. The third-order valence-corrected chi connectivity index (χ3v) is 3.11. The number of nitrogens with zero attached hydrogens (tertiary/aromatic N) is 1. The van der Waals surface area contributed by atoms with E-state index in [1.807, 2.05) is 0 Å². The van der Waals surface area contributed by atoms with E-state index >= 15 is 0 Å². The quantitative estimate of drug-likeness (QED) is 0.842. The average Bonchev–Trinajstić information content (AvgIpc) is 2.71. The molecule has 0 aliphatic heterocycles. The summed E-state index contributed by atoms with van der Waals surface area (Å²) in [4.78, 5) is 7.18. The Kier molecular flexibility index (Phi) is 3.52. The maximum absolute atomic E-state index is 12.6. The summed E-state index contributed by atoms with van der Waals surface area (Å²) in [6.07, 6.45) is -4.26. The van der Waals surface area contributed by atoms with Crippen LogP contribution in [0.1, 0.15) is 18.3 Å². The van der Waals surface area contributed by atoms with Crippen LogP contribution in [-0.4, -0.2) is 16.1 Å². The SMILES string of the molecule is CC(Cc1cccc2[nH]c(CCl)nc12)C(F)(F)F. The molecule has 18 heavy (non-hydrogen) atoms. The lowest BCUT2D eigenvalue weighted by molar-refractivity contribution is -0.169. The summed E-state index contributed by atoms with van der Waals surface area (Å²) in [6.45, 7) is 1.17. The molecule has 1 aromatic heterocycles. The Labute approximate surface area is 107 Å². The van der Waals surface area contributed by atoms with Crippen LogP contribution in [0.2, 0.25) is 0 Å². The van der Waals surface area contributed by atoms with Crippen LogP contribution in [-0.2, 0) is 12.3 Å². The molecule has 0 radical (unpaired) electrons. The van der Waals surface area contributed by atoms with Crippen molar-refractivity contribution in [1.82, 2.24) is 9.97 Å². The van der Waals surface area contributed by atoms with Crippen LogP contribution < -0.4 is 0 Å². The van der Waals surface area contributed by atoms with Gasteiger partial charge in [-0.05, 0) is 18.1 Å². The number of hydrogen-bond donors (Lipinski definition) is 1. The minimum Gasteiger partial charge on any atom is -0.341 e. The van der Waals surface area contributed by atoms with Gasteiger partial charge in [-0.2, -0.15) is 13.2 Å². The van der Waals surface area contributed by atoms with Crippen molar-refractivity contribution in [3.05, 3.63) is 29.6 Å². The van der Waals surface area contributed by atoms with E-state index in [9.17, 15) is 13.2 Å². The first-order chi connectivity index (χ1) is 8.41. The minimum absolute atomic E-state index is 0.0760. The van der Waals surface area contributed by atoms with Crippen molar-refractivity contribution < 1.29 is 13.2 Å². The number of aromatic nitrogens is 2. The van der Waals surface area contributed by atoms with Crippen LogP contribution in [0, 0.1) is 5.92 Å². The summed E-state index contributed by atoms with van der Waals surface area (Å²) in [6, 6.07) is 5.17. The maximum atomic E-state index is 12.6. The first kappa shape index (κ1) is 13.2. The van der Waals surface area contributed by atoms with Crippen molar-refractivity contribution >= 4 is 22.6 Å². The second kappa shape index (κ2) is 4.80. The van der Waals surface area contributed by atoms with Gasteiger partial charge in [-0.25, -0.2) is 4.98 Å². The van der Waals surface area contributed by atoms with Crippen LogP contribution >= 0.6 is 11.6 Å². The monoisotopic (exact) mass is 276 g/mol. The first-order valence-corrected chi connectivity index (χ1v) is 6.04. The molecule has 0 saturated carbocycles. The molecule has 0 fully saturated rings. The van der Waals surface area contributed by atoms with Gasteiger partial charge in [0.2, 0.25) is 0 Å². The van der Waals surface area contributed by atoms with Crippen molar-refractivity contribution in [2.24, 2.45) is 5.92 Å². The second-order valence-electron chi connectivity index (χ2n) is 4.28. The molecule has 98 valence electrons. The number of aromatic amines is 1. The van der Waals surface area contributed by atoms with Gasteiger partial charge in [0.1, 0.15) is 5.82 Å². The van der Waals surface area contributed by atoms with E-state index in [0.29, 0.717) is 16.9 Å². The highest BCUT2D eigenvalue weighted by atomic mass is 35.5. The lowest BCUT2D eigenvalue weighted by Gasteiger charge is -2.15. The van der Waals surface area contributed by atoms with Gasteiger partial charge in [0.05, 0.1) is 22.8 Å². The molecule has 1 atom stereocenters. The zero-order chi connectivity index (χ0) is 13.3. The molecule has 1 heterocycles. The van der Waals surface area contributed by atoms with E-state index in [-0.39, 0.29) is 12.3 Å². The van der Waals surface area contributed by atoms with Crippen LogP contribution in [0.5, 0.6) is 0 Å². The Balaban J connectivity index is 2.36. The van der Waals surface area contributed by atoms with Gasteiger partial charge in [-0.15, -0.1) is 11.6 Å². The van der Waals surface area contributed by atoms with Gasteiger partial charge in [0, 0.05) is 0 Å². The highest BCUT2D eigenvalue weighted by Crippen LogP contribution is 2.30. The molecule has 0 spiro atoms. The van der Waals surface area contributed by atoms with Crippen molar-refractivity contribution in [3.8, 4) is 0 Å². The predicted molar refractivity (Wildman–Crippen MR) is 64.6 cm³/mol. The van der Waals surface area contributed by atoms with E-state index in [0.717, 1.165) is 5.52 Å². The van der Waals surface area contributed by atoms with E-state index in [4.69, 9.17) is 11.6 Å². The van der Waals surface area contributed by atoms with Crippen LogP contribution in [0.3, 0.4) is 0 Å². The van der Waals surface area contributed by atoms with Crippen molar-refractivity contribution in [1.29, 1.82) is 0 Å². The van der Waals surface area contributed by atoms with E-state index in [1.54, 1.807) is 18.2 Å². The summed E-state index contributed by atoms with van der Waals surface area (Å²) in [5, 5.41) is 0. The molecule has 6 heteroatoms. The minimum atomic E-state index is -4.19. The molecule has 1 aromatic carbocycles. The smallest absolute Gasteiger partial charge is 0.341 e. The van der Waals surface area contributed by atoms with Crippen molar-refractivity contribution in [2.45, 2.75) is 25.4 Å². The van der Waals surface area contributed by atoms with Gasteiger partial charge >= 0.3 is 6.18 Å².